The summed E-state index contributed by atoms with van der Waals surface area (Å²) in [5.74, 6) is 0.693. The van der Waals surface area contributed by atoms with E-state index in [0.29, 0.717) is 62.8 Å². The molecule has 186 valence electrons. The monoisotopic (exact) mass is 493 g/mol. The highest BCUT2D eigenvalue weighted by atomic mass is 32.2. The van der Waals surface area contributed by atoms with Crippen LogP contribution in [0, 0.1) is 12.7 Å². The van der Waals surface area contributed by atoms with E-state index in [4.69, 9.17) is 4.52 Å². The Morgan fingerprint density at radius 3 is 2.44 bits per heavy atom. The predicted molar refractivity (Wildman–Crippen MR) is 123 cm³/mol. The van der Waals surface area contributed by atoms with E-state index >= 15 is 0 Å². The number of hydrogen-bond acceptors (Lipinski definition) is 7. The molecule has 0 spiro atoms. The number of carbonyl (C=O) groups is 1. The van der Waals surface area contributed by atoms with E-state index in [0.717, 1.165) is 25.9 Å². The van der Waals surface area contributed by atoms with Gasteiger partial charge in [-0.05, 0) is 43.5 Å². The highest BCUT2D eigenvalue weighted by Gasteiger charge is 2.29. The summed E-state index contributed by atoms with van der Waals surface area (Å²) >= 11 is 0. The number of sulfonamides is 1. The van der Waals surface area contributed by atoms with Gasteiger partial charge in [0.25, 0.3) is 0 Å². The number of nitrogens with zero attached hydrogens (tertiary/aromatic N) is 5. The van der Waals surface area contributed by atoms with Crippen LogP contribution in [0.4, 0.5) is 4.39 Å². The molecule has 3 heterocycles. The van der Waals surface area contributed by atoms with Crippen molar-refractivity contribution in [1.29, 1.82) is 0 Å². The number of carbonyl (C=O) groups excluding carboxylic acids is 1. The summed E-state index contributed by atoms with van der Waals surface area (Å²) in [4.78, 5) is 21.0. The van der Waals surface area contributed by atoms with Crippen LogP contribution in [0.3, 0.4) is 0 Å². The summed E-state index contributed by atoms with van der Waals surface area (Å²) in [5.41, 5.74) is 0.306. The van der Waals surface area contributed by atoms with Crippen LogP contribution in [-0.4, -0.2) is 77.8 Å². The third-order valence-electron chi connectivity index (χ3n) is 6.49. The van der Waals surface area contributed by atoms with Crippen LogP contribution in [0.1, 0.15) is 49.4 Å². The Morgan fingerprint density at radius 2 is 1.76 bits per heavy atom. The van der Waals surface area contributed by atoms with Gasteiger partial charge in [0.05, 0.1) is 11.4 Å². The Kier molecular flexibility index (Phi) is 7.95. The zero-order valence-electron chi connectivity index (χ0n) is 19.6. The van der Waals surface area contributed by atoms with Crippen molar-refractivity contribution < 1.29 is 22.1 Å². The first-order valence-corrected chi connectivity index (χ1v) is 13.3. The van der Waals surface area contributed by atoms with Gasteiger partial charge in [0.2, 0.25) is 21.8 Å². The van der Waals surface area contributed by atoms with Crippen molar-refractivity contribution in [2.45, 2.75) is 56.9 Å². The summed E-state index contributed by atoms with van der Waals surface area (Å²) in [6, 6.07) is 3.87. The first-order valence-electron chi connectivity index (χ1n) is 11.9. The smallest absolute Gasteiger partial charge is 0.243 e. The number of halogens is 1. The maximum Gasteiger partial charge on any atom is 0.243 e. The second kappa shape index (κ2) is 10.9. The minimum atomic E-state index is -3.67. The normalized spacial score (nSPS) is 18.7. The molecule has 0 unspecified atom stereocenters. The Balaban J connectivity index is 1.25. The lowest BCUT2D eigenvalue weighted by atomic mass is 10.2. The number of aryl methyl sites for hydroxylation is 2. The lowest BCUT2D eigenvalue weighted by Crippen LogP contribution is -2.48. The van der Waals surface area contributed by atoms with Crippen LogP contribution in [-0.2, 0) is 27.8 Å². The van der Waals surface area contributed by atoms with Gasteiger partial charge in [0, 0.05) is 52.1 Å². The molecule has 1 amide bonds. The van der Waals surface area contributed by atoms with Crippen molar-refractivity contribution in [2.75, 3.05) is 39.3 Å². The fourth-order valence-corrected chi connectivity index (χ4v) is 5.91. The first kappa shape index (κ1) is 24.7. The summed E-state index contributed by atoms with van der Waals surface area (Å²) in [6.07, 6.45) is 5.28. The van der Waals surface area contributed by atoms with Crippen LogP contribution >= 0.6 is 0 Å². The number of benzene rings is 1. The number of amides is 1. The van der Waals surface area contributed by atoms with Gasteiger partial charge in [0.1, 0.15) is 5.82 Å². The van der Waals surface area contributed by atoms with E-state index in [1.807, 2.05) is 4.90 Å². The second-order valence-corrected chi connectivity index (χ2v) is 10.9. The van der Waals surface area contributed by atoms with Gasteiger partial charge in [-0.25, -0.2) is 12.8 Å². The molecule has 0 atom stereocenters. The molecule has 2 saturated heterocycles. The van der Waals surface area contributed by atoms with Gasteiger partial charge in [0.15, 0.2) is 5.82 Å². The van der Waals surface area contributed by atoms with E-state index < -0.39 is 15.8 Å². The maximum absolute atomic E-state index is 13.5. The first-order chi connectivity index (χ1) is 16.3. The van der Waals surface area contributed by atoms with E-state index in [1.165, 1.54) is 35.3 Å². The zero-order chi connectivity index (χ0) is 24.1. The topological polar surface area (TPSA) is 99.8 Å². The minimum Gasteiger partial charge on any atom is -0.343 e. The van der Waals surface area contributed by atoms with Crippen LogP contribution in [0.2, 0.25) is 0 Å². The molecule has 0 bridgehead atoms. The van der Waals surface area contributed by atoms with E-state index in [9.17, 15) is 17.6 Å². The van der Waals surface area contributed by atoms with Crippen LogP contribution in [0.25, 0.3) is 0 Å². The number of likely N-dealkylation sites (tertiary alicyclic amines) is 1. The van der Waals surface area contributed by atoms with Crippen molar-refractivity contribution in [2.24, 2.45) is 0 Å². The molecule has 0 aliphatic carbocycles. The summed E-state index contributed by atoms with van der Waals surface area (Å²) in [5, 5.41) is 4.03. The summed E-state index contributed by atoms with van der Waals surface area (Å²) < 4.78 is 46.1. The fraction of sp³-hybridized carbons (Fsp3) is 0.609. The largest absolute Gasteiger partial charge is 0.343 e. The highest BCUT2D eigenvalue weighted by Crippen LogP contribution is 2.21. The minimum absolute atomic E-state index is 0.109. The van der Waals surface area contributed by atoms with Crippen molar-refractivity contribution in [3.8, 4) is 0 Å². The zero-order valence-corrected chi connectivity index (χ0v) is 20.4. The Morgan fingerprint density at radius 1 is 1.06 bits per heavy atom. The molecule has 2 fully saturated rings. The Hall–Kier alpha value is -2.37. The summed E-state index contributed by atoms with van der Waals surface area (Å²) in [7, 11) is -3.67. The molecule has 9 nitrogen and oxygen atoms in total. The summed E-state index contributed by atoms with van der Waals surface area (Å²) in [6.45, 7) is 5.37. The molecule has 11 heteroatoms. The average Bonchev–Trinajstić information content (AvgIpc) is 3.09. The number of piperazine rings is 1. The molecule has 1 aromatic heterocycles. The Labute approximate surface area is 200 Å². The molecular formula is C23H32FN5O4S. The molecule has 0 radical (unpaired) electrons. The van der Waals surface area contributed by atoms with Gasteiger partial charge in [-0.2, -0.15) is 9.29 Å². The third-order valence-corrected chi connectivity index (χ3v) is 8.38. The van der Waals surface area contributed by atoms with Crippen molar-refractivity contribution in [1.82, 2.24) is 24.2 Å². The number of aromatic nitrogens is 2. The fourth-order valence-electron chi connectivity index (χ4n) is 4.40. The van der Waals surface area contributed by atoms with Gasteiger partial charge >= 0.3 is 0 Å². The van der Waals surface area contributed by atoms with Gasteiger partial charge in [-0.3, -0.25) is 9.69 Å². The maximum atomic E-state index is 13.5. The number of hydrogen-bond donors (Lipinski definition) is 0. The molecule has 2 aromatic rings. The molecule has 1 aromatic carbocycles. The third kappa shape index (κ3) is 6.00. The second-order valence-electron chi connectivity index (χ2n) is 8.99. The van der Waals surface area contributed by atoms with Crippen LogP contribution in [0.5, 0.6) is 0 Å². The quantitative estimate of drug-likeness (QED) is 0.584. The predicted octanol–water partition coefficient (Wildman–Crippen LogP) is 2.36. The standard InChI is InChI=1S/C23H32FN5O4S/c1-18-16-19(6-7-20(18)24)34(31,32)29-14-12-27(13-15-29)17-21-25-22(33-26-21)8-9-23(30)28-10-4-2-3-5-11-28/h6-7,16H,2-5,8-15,17H2,1H3. The van der Waals surface area contributed by atoms with Gasteiger partial charge in [-0.15, -0.1) is 0 Å². The molecule has 2 aliphatic rings. The number of rotatable bonds is 7. The van der Waals surface area contributed by atoms with E-state index in [-0.39, 0.29) is 10.8 Å². The average molecular weight is 494 g/mol. The molecular weight excluding hydrogens is 461 g/mol. The van der Waals surface area contributed by atoms with Crippen molar-refractivity contribution in [3.05, 3.63) is 41.3 Å². The molecule has 34 heavy (non-hydrogen) atoms. The van der Waals surface area contributed by atoms with E-state index in [1.54, 1.807) is 6.92 Å². The Bertz CT molecular complexity index is 1090. The van der Waals surface area contributed by atoms with E-state index in [2.05, 4.69) is 15.0 Å². The van der Waals surface area contributed by atoms with Gasteiger partial charge < -0.3 is 9.42 Å². The molecule has 4 rings (SSSR count). The lowest BCUT2D eigenvalue weighted by Gasteiger charge is -2.33. The van der Waals surface area contributed by atoms with Crippen molar-refractivity contribution in [3.63, 3.8) is 0 Å². The SMILES string of the molecule is Cc1cc(S(=O)(=O)N2CCN(Cc3noc(CCC(=O)N4CCCCCC4)n3)CC2)ccc1F. The lowest BCUT2D eigenvalue weighted by molar-refractivity contribution is -0.131. The van der Waals surface area contributed by atoms with Crippen molar-refractivity contribution >= 4 is 15.9 Å². The van der Waals surface area contributed by atoms with Gasteiger partial charge in [-0.1, -0.05) is 18.0 Å². The van der Waals surface area contributed by atoms with Crippen LogP contribution in [0.15, 0.2) is 27.6 Å². The van der Waals surface area contributed by atoms with Crippen LogP contribution < -0.4 is 0 Å². The molecule has 0 N–H and O–H groups in total. The highest BCUT2D eigenvalue weighted by molar-refractivity contribution is 7.89. The molecule has 2 aliphatic heterocycles. The molecule has 0 saturated carbocycles.